The molecule has 2 atom stereocenters. The number of nitrogens with two attached hydrogens (primary N) is 1. The maximum Gasteiger partial charge on any atom is 0.0576 e. The predicted octanol–water partition coefficient (Wildman–Crippen LogP) is 3.47. The molecule has 0 radical (unpaired) electrons. The fraction of sp³-hybridized carbons (Fsp3) is 0.500. The molecule has 0 aliphatic heterocycles. The van der Waals surface area contributed by atoms with Gasteiger partial charge in [-0.15, -0.1) is 0 Å². The van der Waals surface area contributed by atoms with E-state index in [9.17, 15) is 0 Å². The van der Waals surface area contributed by atoms with Gasteiger partial charge in [-0.2, -0.15) is 0 Å². The van der Waals surface area contributed by atoms with Crippen LogP contribution >= 0.6 is 22.6 Å². The van der Waals surface area contributed by atoms with Crippen LogP contribution in [-0.2, 0) is 0 Å². The highest BCUT2D eigenvalue weighted by Gasteiger charge is 2.35. The summed E-state index contributed by atoms with van der Waals surface area (Å²) in [6.45, 7) is 2.24. The quantitative estimate of drug-likeness (QED) is 0.659. The van der Waals surface area contributed by atoms with E-state index in [2.05, 4.69) is 47.0 Å². The van der Waals surface area contributed by atoms with Crippen molar-refractivity contribution in [3.05, 3.63) is 21.8 Å². The summed E-state index contributed by atoms with van der Waals surface area (Å²) in [6, 6.07) is 6.85. The summed E-state index contributed by atoms with van der Waals surface area (Å²) in [4.78, 5) is 0. The van der Waals surface area contributed by atoms with Gasteiger partial charge in [-0.25, -0.2) is 0 Å². The van der Waals surface area contributed by atoms with Crippen molar-refractivity contribution < 1.29 is 0 Å². The molecule has 0 spiro atoms. The Labute approximate surface area is 105 Å². The standard InChI is InChI=1S/C12H17IN2/c1-2-3-8-6-12(8)15-11-5-4-9(13)7-10(11)14/h4-5,7-8,12,15H,2-3,6,14H2,1H3. The van der Waals surface area contributed by atoms with Gasteiger partial charge < -0.3 is 11.1 Å². The van der Waals surface area contributed by atoms with E-state index in [4.69, 9.17) is 5.73 Å². The van der Waals surface area contributed by atoms with Gasteiger partial charge in [0.1, 0.15) is 0 Å². The fourth-order valence-electron chi connectivity index (χ4n) is 1.98. The molecule has 1 aliphatic rings. The highest BCUT2D eigenvalue weighted by Crippen LogP contribution is 2.38. The van der Waals surface area contributed by atoms with Crippen molar-refractivity contribution in [3.8, 4) is 0 Å². The normalized spacial score (nSPS) is 23.9. The molecule has 15 heavy (non-hydrogen) atoms. The summed E-state index contributed by atoms with van der Waals surface area (Å²) in [5.41, 5.74) is 7.91. The summed E-state index contributed by atoms with van der Waals surface area (Å²) in [5.74, 6) is 0.869. The average Bonchev–Trinajstić information content (AvgIpc) is 2.90. The molecular formula is C12H17IN2. The largest absolute Gasteiger partial charge is 0.397 e. The Hall–Kier alpha value is -0.450. The number of nitrogens with one attached hydrogen (secondary N) is 1. The first-order chi connectivity index (χ1) is 7.20. The fourth-order valence-corrected chi connectivity index (χ4v) is 2.49. The van der Waals surface area contributed by atoms with E-state index in [-0.39, 0.29) is 0 Å². The van der Waals surface area contributed by atoms with E-state index in [1.54, 1.807) is 0 Å². The maximum atomic E-state index is 5.95. The zero-order valence-electron chi connectivity index (χ0n) is 8.96. The first-order valence-corrected chi connectivity index (χ1v) is 6.60. The highest BCUT2D eigenvalue weighted by molar-refractivity contribution is 14.1. The van der Waals surface area contributed by atoms with Crippen LogP contribution in [0.4, 0.5) is 11.4 Å². The Morgan fingerprint density at radius 2 is 2.33 bits per heavy atom. The lowest BCUT2D eigenvalue weighted by Gasteiger charge is -2.09. The molecule has 0 saturated heterocycles. The molecule has 82 valence electrons. The number of rotatable bonds is 4. The van der Waals surface area contributed by atoms with Crippen LogP contribution in [0.25, 0.3) is 0 Å². The number of halogens is 1. The third-order valence-electron chi connectivity index (χ3n) is 2.94. The van der Waals surface area contributed by atoms with Gasteiger partial charge in [0.2, 0.25) is 0 Å². The van der Waals surface area contributed by atoms with E-state index in [1.807, 2.05) is 6.07 Å². The number of benzene rings is 1. The zero-order valence-corrected chi connectivity index (χ0v) is 11.1. The molecule has 2 unspecified atom stereocenters. The second-order valence-corrected chi connectivity index (χ2v) is 5.51. The van der Waals surface area contributed by atoms with Gasteiger partial charge in [-0.1, -0.05) is 13.3 Å². The Morgan fingerprint density at radius 1 is 1.53 bits per heavy atom. The molecule has 1 aromatic carbocycles. The van der Waals surface area contributed by atoms with Crippen LogP contribution in [0, 0.1) is 9.49 Å². The molecule has 0 heterocycles. The molecular weight excluding hydrogens is 299 g/mol. The van der Waals surface area contributed by atoms with Crippen LogP contribution in [0.1, 0.15) is 26.2 Å². The number of nitrogen functional groups attached to an aromatic ring is 1. The van der Waals surface area contributed by atoms with Crippen molar-refractivity contribution in [2.75, 3.05) is 11.1 Å². The van der Waals surface area contributed by atoms with Crippen molar-refractivity contribution in [2.45, 2.75) is 32.2 Å². The second-order valence-electron chi connectivity index (χ2n) is 4.27. The average molecular weight is 316 g/mol. The van der Waals surface area contributed by atoms with E-state index < -0.39 is 0 Å². The lowest BCUT2D eigenvalue weighted by Crippen LogP contribution is -2.06. The zero-order chi connectivity index (χ0) is 10.8. The Morgan fingerprint density at radius 3 is 3.00 bits per heavy atom. The molecule has 1 aromatic rings. The van der Waals surface area contributed by atoms with Gasteiger partial charge >= 0.3 is 0 Å². The number of hydrogen-bond donors (Lipinski definition) is 2. The van der Waals surface area contributed by atoms with Crippen molar-refractivity contribution in [1.29, 1.82) is 0 Å². The first-order valence-electron chi connectivity index (χ1n) is 5.52. The third kappa shape index (κ3) is 2.77. The molecule has 1 aliphatic carbocycles. The van der Waals surface area contributed by atoms with Gasteiger partial charge in [-0.05, 0) is 59.5 Å². The van der Waals surface area contributed by atoms with Crippen LogP contribution < -0.4 is 11.1 Å². The van der Waals surface area contributed by atoms with Crippen molar-refractivity contribution >= 4 is 34.0 Å². The van der Waals surface area contributed by atoms with E-state index in [0.717, 1.165) is 17.3 Å². The summed E-state index contributed by atoms with van der Waals surface area (Å²) in [7, 11) is 0. The minimum Gasteiger partial charge on any atom is -0.397 e. The molecule has 3 heteroatoms. The van der Waals surface area contributed by atoms with Crippen molar-refractivity contribution in [3.63, 3.8) is 0 Å². The SMILES string of the molecule is CCCC1CC1Nc1ccc(I)cc1N. The van der Waals surface area contributed by atoms with E-state index in [1.165, 1.54) is 22.8 Å². The molecule has 0 aromatic heterocycles. The van der Waals surface area contributed by atoms with Crippen LogP contribution in [0.3, 0.4) is 0 Å². The smallest absolute Gasteiger partial charge is 0.0576 e. The van der Waals surface area contributed by atoms with Gasteiger partial charge in [0.15, 0.2) is 0 Å². The van der Waals surface area contributed by atoms with Crippen LogP contribution in [0.15, 0.2) is 18.2 Å². The van der Waals surface area contributed by atoms with Gasteiger partial charge in [-0.3, -0.25) is 0 Å². The van der Waals surface area contributed by atoms with Crippen molar-refractivity contribution in [1.82, 2.24) is 0 Å². The minimum absolute atomic E-state index is 0.660. The summed E-state index contributed by atoms with van der Waals surface area (Å²) >= 11 is 2.28. The Kier molecular flexibility index (Phi) is 3.38. The Bertz CT molecular complexity index is 351. The summed E-state index contributed by atoms with van der Waals surface area (Å²) in [6.07, 6.45) is 3.92. The topological polar surface area (TPSA) is 38.0 Å². The number of hydrogen-bond acceptors (Lipinski definition) is 2. The second kappa shape index (κ2) is 4.60. The minimum atomic E-state index is 0.660. The maximum absolute atomic E-state index is 5.95. The van der Waals surface area contributed by atoms with Crippen molar-refractivity contribution in [2.24, 2.45) is 5.92 Å². The lowest BCUT2D eigenvalue weighted by molar-refractivity contribution is 0.693. The van der Waals surface area contributed by atoms with E-state index in [0.29, 0.717) is 6.04 Å². The predicted molar refractivity (Wildman–Crippen MR) is 74.0 cm³/mol. The Balaban J connectivity index is 1.95. The summed E-state index contributed by atoms with van der Waals surface area (Å²) in [5, 5.41) is 3.52. The van der Waals surface area contributed by atoms with Gasteiger partial charge in [0.05, 0.1) is 11.4 Å². The van der Waals surface area contributed by atoms with Gasteiger partial charge in [0.25, 0.3) is 0 Å². The van der Waals surface area contributed by atoms with Crippen LogP contribution in [0.5, 0.6) is 0 Å². The van der Waals surface area contributed by atoms with Crippen LogP contribution in [-0.4, -0.2) is 6.04 Å². The van der Waals surface area contributed by atoms with Gasteiger partial charge in [0, 0.05) is 9.61 Å². The molecule has 3 N–H and O–H groups in total. The molecule has 2 nitrogen and oxygen atoms in total. The lowest BCUT2D eigenvalue weighted by atomic mass is 10.2. The highest BCUT2D eigenvalue weighted by atomic mass is 127. The molecule has 1 fully saturated rings. The van der Waals surface area contributed by atoms with E-state index >= 15 is 0 Å². The molecule has 0 amide bonds. The van der Waals surface area contributed by atoms with Crippen LogP contribution in [0.2, 0.25) is 0 Å². The molecule has 2 rings (SSSR count). The first kappa shape index (κ1) is 11.0. The molecule has 0 bridgehead atoms. The third-order valence-corrected chi connectivity index (χ3v) is 3.61. The summed E-state index contributed by atoms with van der Waals surface area (Å²) < 4.78 is 1.19. The number of anilines is 2. The monoisotopic (exact) mass is 316 g/mol. The molecule has 1 saturated carbocycles.